The first-order valence-electron chi connectivity index (χ1n) is 9.85. The molecule has 2 fully saturated rings. The summed E-state index contributed by atoms with van der Waals surface area (Å²) in [5.41, 5.74) is 3.35. The van der Waals surface area contributed by atoms with Crippen LogP contribution in [0.25, 0.3) is 0 Å². The topological polar surface area (TPSA) is 43.8 Å². The van der Waals surface area contributed by atoms with E-state index in [0.29, 0.717) is 11.7 Å². The van der Waals surface area contributed by atoms with Crippen molar-refractivity contribution in [2.24, 2.45) is 5.92 Å². The maximum absolute atomic E-state index is 12.8. The molecule has 1 aromatic rings. The molecule has 2 aliphatic heterocycles. The van der Waals surface area contributed by atoms with E-state index < -0.39 is 0 Å². The Labute approximate surface area is 151 Å². The molecule has 25 heavy (non-hydrogen) atoms. The number of piperidine rings is 1. The highest BCUT2D eigenvalue weighted by Crippen LogP contribution is 2.27. The molecule has 1 N–H and O–H groups in total. The van der Waals surface area contributed by atoms with Gasteiger partial charge in [-0.05, 0) is 69.8 Å². The number of nitrogens with zero attached hydrogens (tertiary/aromatic N) is 2. The van der Waals surface area contributed by atoms with Gasteiger partial charge < -0.3 is 10.0 Å². The zero-order valence-electron chi connectivity index (χ0n) is 15.8. The summed E-state index contributed by atoms with van der Waals surface area (Å²) in [7, 11) is 0. The number of likely N-dealkylation sites (tertiary alicyclic amines) is 2. The first-order chi connectivity index (χ1) is 12.0. The molecule has 0 atom stereocenters. The van der Waals surface area contributed by atoms with Crippen molar-refractivity contribution in [1.29, 1.82) is 0 Å². The molecule has 4 nitrogen and oxygen atoms in total. The van der Waals surface area contributed by atoms with Crippen LogP contribution in [0.4, 0.5) is 0 Å². The smallest absolute Gasteiger partial charge is 0.225 e. The highest BCUT2D eigenvalue weighted by Gasteiger charge is 2.29. The fraction of sp³-hybridized carbons (Fsp3) is 0.667. The normalized spacial score (nSPS) is 20.5. The number of amides is 1. The van der Waals surface area contributed by atoms with Gasteiger partial charge in [-0.15, -0.1) is 0 Å². The van der Waals surface area contributed by atoms with Crippen LogP contribution in [-0.2, 0) is 11.3 Å². The molecule has 3 rings (SSSR count). The zero-order chi connectivity index (χ0) is 17.8. The summed E-state index contributed by atoms with van der Waals surface area (Å²) in [5, 5.41) is 10.2. The highest BCUT2D eigenvalue weighted by atomic mass is 16.3. The number of carbonyl (C=O) groups is 1. The van der Waals surface area contributed by atoms with E-state index in [0.717, 1.165) is 69.5 Å². The summed E-state index contributed by atoms with van der Waals surface area (Å²) in [6, 6.07) is 3.96. The van der Waals surface area contributed by atoms with Crippen molar-refractivity contribution in [1.82, 2.24) is 9.80 Å². The number of phenols is 1. The maximum Gasteiger partial charge on any atom is 0.225 e. The van der Waals surface area contributed by atoms with Crippen LogP contribution in [-0.4, -0.2) is 47.0 Å². The molecule has 0 spiro atoms. The van der Waals surface area contributed by atoms with Crippen LogP contribution in [0.5, 0.6) is 5.75 Å². The van der Waals surface area contributed by atoms with E-state index in [1.807, 2.05) is 13.0 Å². The van der Waals surface area contributed by atoms with Gasteiger partial charge in [-0.2, -0.15) is 0 Å². The fourth-order valence-electron chi connectivity index (χ4n) is 4.12. The second-order valence-electron chi connectivity index (χ2n) is 7.86. The monoisotopic (exact) mass is 344 g/mol. The Bertz CT molecular complexity index is 598. The molecule has 2 heterocycles. The summed E-state index contributed by atoms with van der Waals surface area (Å²) in [6.07, 6.45) is 6.75. The molecule has 1 aromatic carbocycles. The molecular weight excluding hydrogens is 312 g/mol. The van der Waals surface area contributed by atoms with E-state index in [1.165, 1.54) is 18.4 Å². The Morgan fingerprint density at radius 1 is 1.00 bits per heavy atom. The van der Waals surface area contributed by atoms with E-state index in [-0.39, 0.29) is 5.92 Å². The molecular formula is C21H32N2O2. The first-order valence-corrected chi connectivity index (χ1v) is 9.85. The number of aryl methyl sites for hydroxylation is 2. The summed E-state index contributed by atoms with van der Waals surface area (Å²) < 4.78 is 0. The minimum Gasteiger partial charge on any atom is -0.508 e. The zero-order valence-corrected chi connectivity index (χ0v) is 15.8. The second-order valence-corrected chi connectivity index (χ2v) is 7.86. The minimum absolute atomic E-state index is 0.197. The van der Waals surface area contributed by atoms with E-state index in [9.17, 15) is 9.90 Å². The third kappa shape index (κ3) is 4.55. The Kier molecular flexibility index (Phi) is 6.00. The highest BCUT2D eigenvalue weighted by molar-refractivity contribution is 5.79. The number of phenolic OH excluding ortho intramolecular Hbond substituents is 1. The summed E-state index contributed by atoms with van der Waals surface area (Å²) in [6.45, 7) is 8.68. The number of hydrogen-bond acceptors (Lipinski definition) is 3. The summed E-state index contributed by atoms with van der Waals surface area (Å²) >= 11 is 0. The summed E-state index contributed by atoms with van der Waals surface area (Å²) in [5.74, 6) is 0.976. The van der Waals surface area contributed by atoms with Crippen molar-refractivity contribution in [2.75, 3.05) is 26.2 Å². The standard InChI is InChI=1S/C21H32N2O2/c1-16-13-19(20(24)14-17(16)2)15-22-11-7-18(8-12-22)21(25)23-9-5-3-4-6-10-23/h13-14,18,24H,3-12,15H2,1-2H3. The van der Waals surface area contributed by atoms with E-state index in [1.54, 1.807) is 0 Å². The van der Waals surface area contributed by atoms with Crippen LogP contribution in [0.2, 0.25) is 0 Å². The Morgan fingerprint density at radius 2 is 1.60 bits per heavy atom. The third-order valence-electron chi connectivity index (χ3n) is 5.94. The molecule has 0 saturated carbocycles. The molecule has 0 bridgehead atoms. The SMILES string of the molecule is Cc1cc(O)c(CN2CCC(C(=O)N3CCCCCC3)CC2)cc1C. The number of carbonyl (C=O) groups excluding carboxylic acids is 1. The van der Waals surface area contributed by atoms with Gasteiger partial charge in [0.1, 0.15) is 5.75 Å². The van der Waals surface area contributed by atoms with Crippen molar-refractivity contribution in [3.63, 3.8) is 0 Å². The average molecular weight is 344 g/mol. The molecule has 138 valence electrons. The van der Waals surface area contributed by atoms with E-state index >= 15 is 0 Å². The van der Waals surface area contributed by atoms with Gasteiger partial charge in [0.25, 0.3) is 0 Å². The second kappa shape index (κ2) is 8.22. The number of rotatable bonds is 3. The van der Waals surface area contributed by atoms with E-state index in [2.05, 4.69) is 22.8 Å². The first kappa shape index (κ1) is 18.2. The lowest BCUT2D eigenvalue weighted by atomic mass is 9.94. The lowest BCUT2D eigenvalue weighted by Gasteiger charge is -2.34. The maximum atomic E-state index is 12.8. The van der Waals surface area contributed by atoms with Crippen LogP contribution >= 0.6 is 0 Å². The molecule has 2 aliphatic rings. The Hall–Kier alpha value is -1.55. The largest absolute Gasteiger partial charge is 0.508 e. The van der Waals surface area contributed by atoms with Crippen molar-refractivity contribution in [3.8, 4) is 5.75 Å². The van der Waals surface area contributed by atoms with Gasteiger partial charge in [-0.25, -0.2) is 0 Å². The number of benzene rings is 1. The van der Waals surface area contributed by atoms with Crippen molar-refractivity contribution in [3.05, 3.63) is 28.8 Å². The lowest BCUT2D eigenvalue weighted by molar-refractivity contribution is -0.137. The molecule has 0 unspecified atom stereocenters. The van der Waals surface area contributed by atoms with Crippen LogP contribution < -0.4 is 0 Å². The van der Waals surface area contributed by atoms with Gasteiger partial charge in [0.2, 0.25) is 5.91 Å². The van der Waals surface area contributed by atoms with Crippen molar-refractivity contribution in [2.45, 2.75) is 58.9 Å². The molecule has 0 aliphatic carbocycles. The third-order valence-corrected chi connectivity index (χ3v) is 5.94. The fourth-order valence-corrected chi connectivity index (χ4v) is 4.12. The molecule has 1 amide bonds. The average Bonchev–Trinajstić information content (AvgIpc) is 2.89. The predicted octanol–water partition coefficient (Wildman–Crippen LogP) is 3.62. The van der Waals surface area contributed by atoms with Crippen LogP contribution in [0.1, 0.15) is 55.2 Å². The number of aromatic hydroxyl groups is 1. The Balaban J connectivity index is 1.53. The summed E-state index contributed by atoms with van der Waals surface area (Å²) in [4.78, 5) is 17.3. The van der Waals surface area contributed by atoms with Gasteiger partial charge in [0.05, 0.1) is 0 Å². The van der Waals surface area contributed by atoms with Crippen LogP contribution in [0.15, 0.2) is 12.1 Å². The number of hydrogen-bond donors (Lipinski definition) is 1. The van der Waals surface area contributed by atoms with Gasteiger partial charge in [0, 0.05) is 31.1 Å². The van der Waals surface area contributed by atoms with Crippen LogP contribution in [0.3, 0.4) is 0 Å². The molecule has 4 heteroatoms. The van der Waals surface area contributed by atoms with Gasteiger partial charge in [0.15, 0.2) is 0 Å². The lowest BCUT2D eigenvalue weighted by Crippen LogP contribution is -2.42. The van der Waals surface area contributed by atoms with Gasteiger partial charge in [-0.1, -0.05) is 18.9 Å². The van der Waals surface area contributed by atoms with Gasteiger partial charge in [-0.3, -0.25) is 9.69 Å². The molecule has 0 aromatic heterocycles. The molecule has 0 radical (unpaired) electrons. The predicted molar refractivity (Wildman–Crippen MR) is 101 cm³/mol. The van der Waals surface area contributed by atoms with Crippen LogP contribution in [0, 0.1) is 19.8 Å². The van der Waals surface area contributed by atoms with Crippen molar-refractivity contribution < 1.29 is 9.90 Å². The molecule has 2 saturated heterocycles. The van der Waals surface area contributed by atoms with Crippen molar-refractivity contribution >= 4 is 5.91 Å². The quantitative estimate of drug-likeness (QED) is 0.911. The minimum atomic E-state index is 0.197. The van der Waals surface area contributed by atoms with Gasteiger partial charge >= 0.3 is 0 Å². The van der Waals surface area contributed by atoms with E-state index in [4.69, 9.17) is 0 Å². The Morgan fingerprint density at radius 3 is 2.24 bits per heavy atom.